The zero-order chi connectivity index (χ0) is 16.8. The third-order valence-electron chi connectivity index (χ3n) is 3.61. The summed E-state index contributed by atoms with van der Waals surface area (Å²) in [5, 5.41) is 17.2. The number of nitrogens with zero attached hydrogens (tertiary/aromatic N) is 3. The summed E-state index contributed by atoms with van der Waals surface area (Å²) in [7, 11) is 0. The summed E-state index contributed by atoms with van der Waals surface area (Å²) in [5.74, 6) is 0.259. The minimum atomic E-state index is -0.752. The van der Waals surface area contributed by atoms with Crippen LogP contribution in [0, 0.1) is 5.92 Å². The van der Waals surface area contributed by atoms with E-state index < -0.39 is 6.10 Å². The Hall–Kier alpha value is -2.21. The number of carbonyl (C=O) groups excluding carboxylic acids is 1. The molecule has 0 fully saturated rings. The van der Waals surface area contributed by atoms with Gasteiger partial charge in [-0.25, -0.2) is 0 Å². The second-order valence-corrected chi connectivity index (χ2v) is 5.94. The summed E-state index contributed by atoms with van der Waals surface area (Å²) in [6, 6.07) is 3.46. The lowest BCUT2D eigenvalue weighted by molar-refractivity contribution is 0.0915. The molecule has 0 spiro atoms. The molecule has 2 N–H and O–H groups in total. The third kappa shape index (κ3) is 4.39. The Labute approximate surface area is 136 Å². The average molecular weight is 316 g/mol. The maximum atomic E-state index is 12.4. The van der Waals surface area contributed by atoms with Crippen molar-refractivity contribution >= 4 is 5.91 Å². The van der Waals surface area contributed by atoms with E-state index in [0.717, 1.165) is 24.2 Å². The Bertz CT molecular complexity index is 637. The van der Waals surface area contributed by atoms with E-state index in [2.05, 4.69) is 29.2 Å². The van der Waals surface area contributed by atoms with Crippen LogP contribution < -0.4 is 5.32 Å². The minimum absolute atomic E-state index is 0.154. The fourth-order valence-electron chi connectivity index (χ4n) is 2.46. The van der Waals surface area contributed by atoms with Gasteiger partial charge >= 0.3 is 0 Å². The van der Waals surface area contributed by atoms with Crippen LogP contribution in [0.15, 0.2) is 30.7 Å². The van der Waals surface area contributed by atoms with Crippen LogP contribution in [0.25, 0.3) is 0 Å². The zero-order valence-electron chi connectivity index (χ0n) is 13.9. The topological polar surface area (TPSA) is 80.0 Å². The Morgan fingerprint density at radius 3 is 2.65 bits per heavy atom. The van der Waals surface area contributed by atoms with Gasteiger partial charge in [0.2, 0.25) is 0 Å². The smallest absolute Gasteiger partial charge is 0.254 e. The standard InChI is InChI=1S/C17H24N4O2/c1-4-15-14(9-20-21(15)11-12(2)3)17(23)19-10-16(22)13-5-7-18-8-6-13/h5-9,12,16,22H,4,10-11H2,1-3H3,(H,19,23). The van der Waals surface area contributed by atoms with Crippen molar-refractivity contribution < 1.29 is 9.90 Å². The monoisotopic (exact) mass is 316 g/mol. The van der Waals surface area contributed by atoms with Gasteiger partial charge < -0.3 is 10.4 Å². The van der Waals surface area contributed by atoms with E-state index >= 15 is 0 Å². The lowest BCUT2D eigenvalue weighted by Gasteiger charge is -2.13. The maximum absolute atomic E-state index is 12.4. The van der Waals surface area contributed by atoms with Gasteiger partial charge in [-0.3, -0.25) is 14.5 Å². The highest BCUT2D eigenvalue weighted by Gasteiger charge is 2.17. The lowest BCUT2D eigenvalue weighted by Crippen LogP contribution is -2.29. The SMILES string of the molecule is CCc1c(C(=O)NCC(O)c2ccncc2)cnn1CC(C)C. The second-order valence-electron chi connectivity index (χ2n) is 5.94. The van der Waals surface area contributed by atoms with Crippen LogP contribution in [0.5, 0.6) is 0 Å². The molecule has 2 heterocycles. The van der Waals surface area contributed by atoms with E-state index in [0.29, 0.717) is 11.5 Å². The highest BCUT2D eigenvalue weighted by atomic mass is 16.3. The predicted octanol–water partition coefficient (Wildman–Crippen LogP) is 1.96. The molecule has 2 rings (SSSR count). The van der Waals surface area contributed by atoms with E-state index in [4.69, 9.17) is 0 Å². The molecule has 2 aromatic heterocycles. The molecule has 2 aromatic rings. The summed E-state index contributed by atoms with van der Waals surface area (Å²) in [5.41, 5.74) is 2.23. The van der Waals surface area contributed by atoms with Gasteiger partial charge in [0, 0.05) is 25.5 Å². The Morgan fingerprint density at radius 2 is 2.04 bits per heavy atom. The first kappa shape index (κ1) is 17.1. The van der Waals surface area contributed by atoms with Crippen molar-refractivity contribution in [3.63, 3.8) is 0 Å². The number of aliphatic hydroxyl groups is 1. The van der Waals surface area contributed by atoms with Gasteiger partial charge in [0.1, 0.15) is 0 Å². The number of amides is 1. The maximum Gasteiger partial charge on any atom is 0.254 e. The quantitative estimate of drug-likeness (QED) is 0.818. The van der Waals surface area contributed by atoms with Crippen LogP contribution in [-0.4, -0.2) is 32.3 Å². The molecule has 0 aliphatic heterocycles. The normalized spacial score (nSPS) is 12.4. The van der Waals surface area contributed by atoms with Gasteiger partial charge in [-0.1, -0.05) is 20.8 Å². The molecule has 0 radical (unpaired) electrons. The molecular formula is C17H24N4O2. The first-order chi connectivity index (χ1) is 11.0. The van der Waals surface area contributed by atoms with E-state index in [1.807, 2.05) is 11.6 Å². The highest BCUT2D eigenvalue weighted by molar-refractivity contribution is 5.95. The van der Waals surface area contributed by atoms with Gasteiger partial charge in [-0.15, -0.1) is 0 Å². The molecule has 0 bridgehead atoms. The van der Waals surface area contributed by atoms with Crippen LogP contribution in [0.1, 0.15) is 48.5 Å². The summed E-state index contributed by atoms with van der Waals surface area (Å²) in [6.07, 6.45) is 4.83. The first-order valence-corrected chi connectivity index (χ1v) is 7.93. The number of carbonyl (C=O) groups is 1. The van der Waals surface area contributed by atoms with Crippen molar-refractivity contribution in [3.05, 3.63) is 47.5 Å². The molecule has 1 atom stereocenters. The van der Waals surface area contributed by atoms with Crippen molar-refractivity contribution in [2.45, 2.75) is 39.8 Å². The molecule has 0 saturated carbocycles. The molecule has 1 unspecified atom stereocenters. The van der Waals surface area contributed by atoms with Crippen LogP contribution in [-0.2, 0) is 13.0 Å². The Balaban J connectivity index is 2.02. The minimum Gasteiger partial charge on any atom is -0.387 e. The third-order valence-corrected chi connectivity index (χ3v) is 3.61. The Kier molecular flexibility index (Phi) is 5.87. The number of hydrogen-bond donors (Lipinski definition) is 2. The van der Waals surface area contributed by atoms with E-state index in [1.54, 1.807) is 30.7 Å². The summed E-state index contributed by atoms with van der Waals surface area (Å²) in [4.78, 5) is 16.3. The number of aliphatic hydroxyl groups excluding tert-OH is 1. The van der Waals surface area contributed by atoms with Crippen LogP contribution in [0.3, 0.4) is 0 Å². The molecule has 124 valence electrons. The fraction of sp³-hybridized carbons (Fsp3) is 0.471. The molecule has 6 nitrogen and oxygen atoms in total. The largest absolute Gasteiger partial charge is 0.387 e. The van der Waals surface area contributed by atoms with E-state index in [9.17, 15) is 9.90 Å². The van der Waals surface area contributed by atoms with Gasteiger partial charge in [0.15, 0.2) is 0 Å². The summed E-state index contributed by atoms with van der Waals surface area (Å²) >= 11 is 0. The summed E-state index contributed by atoms with van der Waals surface area (Å²) < 4.78 is 1.89. The molecule has 23 heavy (non-hydrogen) atoms. The van der Waals surface area contributed by atoms with Gasteiger partial charge in [0.05, 0.1) is 23.6 Å². The summed E-state index contributed by atoms with van der Waals surface area (Å²) in [6.45, 7) is 7.19. The molecule has 0 aliphatic carbocycles. The van der Waals surface area contributed by atoms with Gasteiger partial charge in [0.25, 0.3) is 5.91 Å². The average Bonchev–Trinajstić information content (AvgIpc) is 2.95. The van der Waals surface area contributed by atoms with Crippen LogP contribution in [0.2, 0.25) is 0 Å². The number of hydrogen-bond acceptors (Lipinski definition) is 4. The molecule has 0 aromatic carbocycles. The Morgan fingerprint density at radius 1 is 1.35 bits per heavy atom. The van der Waals surface area contributed by atoms with Crippen molar-refractivity contribution in [2.24, 2.45) is 5.92 Å². The first-order valence-electron chi connectivity index (χ1n) is 7.93. The molecule has 0 saturated heterocycles. The lowest BCUT2D eigenvalue weighted by atomic mass is 10.1. The van der Waals surface area contributed by atoms with Crippen LogP contribution >= 0.6 is 0 Å². The van der Waals surface area contributed by atoms with E-state index in [1.165, 1.54) is 0 Å². The number of nitrogens with one attached hydrogen (secondary N) is 1. The molecular weight excluding hydrogens is 292 g/mol. The highest BCUT2D eigenvalue weighted by Crippen LogP contribution is 2.13. The van der Waals surface area contributed by atoms with E-state index in [-0.39, 0.29) is 12.5 Å². The van der Waals surface area contributed by atoms with Gasteiger partial charge in [-0.05, 0) is 30.0 Å². The number of pyridine rings is 1. The molecule has 1 amide bonds. The van der Waals surface area contributed by atoms with Crippen LogP contribution in [0.4, 0.5) is 0 Å². The predicted molar refractivity (Wildman–Crippen MR) is 88.0 cm³/mol. The number of rotatable bonds is 7. The molecule has 6 heteroatoms. The fourth-order valence-corrected chi connectivity index (χ4v) is 2.46. The van der Waals surface area contributed by atoms with Crippen molar-refractivity contribution in [1.29, 1.82) is 0 Å². The van der Waals surface area contributed by atoms with Crippen molar-refractivity contribution in [3.8, 4) is 0 Å². The zero-order valence-corrected chi connectivity index (χ0v) is 13.9. The van der Waals surface area contributed by atoms with Crippen molar-refractivity contribution in [2.75, 3.05) is 6.54 Å². The van der Waals surface area contributed by atoms with Gasteiger partial charge in [-0.2, -0.15) is 5.10 Å². The molecule has 0 aliphatic rings. The second kappa shape index (κ2) is 7.87. The number of aromatic nitrogens is 3. The van der Waals surface area contributed by atoms with Crippen molar-refractivity contribution in [1.82, 2.24) is 20.1 Å².